The number of hydrogen-bond donors (Lipinski definition) is 0. The van der Waals surface area contributed by atoms with Crippen LogP contribution in [-0.4, -0.2) is 22.8 Å². The fourth-order valence-electron chi connectivity index (χ4n) is 1.69. The van der Waals surface area contributed by atoms with Gasteiger partial charge in [-0.25, -0.2) is 0 Å². The van der Waals surface area contributed by atoms with Gasteiger partial charge in [0.2, 0.25) is 0 Å². The summed E-state index contributed by atoms with van der Waals surface area (Å²) in [6.07, 6.45) is 1.10. The van der Waals surface area contributed by atoms with Crippen LogP contribution in [0.2, 0.25) is 5.15 Å². The Kier molecular flexibility index (Phi) is 4.54. The first-order chi connectivity index (χ1) is 7.49. The average molecular weight is 242 g/mol. The normalized spacial score (nSPS) is 10.9. The Balaban J connectivity index is 3.15. The van der Waals surface area contributed by atoms with Gasteiger partial charge in [-0.1, -0.05) is 18.5 Å². The summed E-state index contributed by atoms with van der Waals surface area (Å²) < 4.78 is 0. The van der Waals surface area contributed by atoms with Gasteiger partial charge >= 0.3 is 0 Å². The van der Waals surface area contributed by atoms with E-state index >= 15 is 0 Å². The van der Waals surface area contributed by atoms with Crippen LogP contribution in [0.4, 0.5) is 5.82 Å². The second kappa shape index (κ2) is 5.48. The van der Waals surface area contributed by atoms with Crippen molar-refractivity contribution >= 4 is 17.4 Å². The van der Waals surface area contributed by atoms with Crippen LogP contribution < -0.4 is 4.90 Å². The highest BCUT2D eigenvalue weighted by Crippen LogP contribution is 2.25. The van der Waals surface area contributed by atoms with Crippen molar-refractivity contribution in [1.82, 2.24) is 10.2 Å². The smallest absolute Gasteiger partial charge is 0.155 e. The van der Waals surface area contributed by atoms with Crippen LogP contribution in [-0.2, 0) is 0 Å². The van der Waals surface area contributed by atoms with E-state index < -0.39 is 0 Å². The molecule has 0 spiro atoms. The predicted molar refractivity (Wildman–Crippen MR) is 69.3 cm³/mol. The third-order valence-electron chi connectivity index (χ3n) is 2.80. The quantitative estimate of drug-likeness (QED) is 0.809. The number of nitrogens with zero attached hydrogens (tertiary/aromatic N) is 3. The molecule has 0 radical (unpaired) electrons. The molecule has 16 heavy (non-hydrogen) atoms. The topological polar surface area (TPSA) is 29.0 Å². The summed E-state index contributed by atoms with van der Waals surface area (Å²) in [6.45, 7) is 11.5. The lowest BCUT2D eigenvalue weighted by atomic mass is 10.1. The van der Waals surface area contributed by atoms with Gasteiger partial charge in [-0.15, -0.1) is 10.2 Å². The SMILES string of the molecule is CCCN(c1nnc(Cl)c(C)c1C)C(C)C. The number of aromatic nitrogens is 2. The van der Waals surface area contributed by atoms with Gasteiger partial charge in [-0.2, -0.15) is 0 Å². The lowest BCUT2D eigenvalue weighted by Gasteiger charge is -2.28. The van der Waals surface area contributed by atoms with E-state index in [0.29, 0.717) is 11.2 Å². The minimum absolute atomic E-state index is 0.425. The molecule has 3 nitrogen and oxygen atoms in total. The lowest BCUT2D eigenvalue weighted by Crippen LogP contribution is -2.33. The molecule has 0 bridgehead atoms. The molecule has 0 aliphatic heterocycles. The average Bonchev–Trinajstić information content (AvgIpc) is 2.24. The maximum absolute atomic E-state index is 5.96. The number of halogens is 1. The van der Waals surface area contributed by atoms with E-state index in [4.69, 9.17) is 11.6 Å². The second-order valence-electron chi connectivity index (χ2n) is 4.35. The molecule has 0 N–H and O–H groups in total. The van der Waals surface area contributed by atoms with E-state index in [2.05, 4.69) is 42.8 Å². The molecule has 0 fully saturated rings. The highest BCUT2D eigenvalue weighted by atomic mass is 35.5. The molecule has 0 aliphatic carbocycles. The molecule has 1 aromatic heterocycles. The molecular weight excluding hydrogens is 222 g/mol. The van der Waals surface area contributed by atoms with Gasteiger partial charge in [0.15, 0.2) is 11.0 Å². The molecule has 0 atom stereocenters. The van der Waals surface area contributed by atoms with E-state index in [-0.39, 0.29) is 0 Å². The molecule has 0 aromatic carbocycles. The van der Waals surface area contributed by atoms with Crippen LogP contribution in [0, 0.1) is 13.8 Å². The Morgan fingerprint density at radius 2 is 1.81 bits per heavy atom. The minimum Gasteiger partial charge on any atom is -0.352 e. The van der Waals surface area contributed by atoms with Crippen LogP contribution in [0.25, 0.3) is 0 Å². The molecule has 0 unspecified atom stereocenters. The van der Waals surface area contributed by atoms with Gasteiger partial charge in [0, 0.05) is 12.6 Å². The van der Waals surface area contributed by atoms with Crippen molar-refractivity contribution < 1.29 is 0 Å². The van der Waals surface area contributed by atoms with Crippen LogP contribution in [0.1, 0.15) is 38.3 Å². The summed E-state index contributed by atoms with van der Waals surface area (Å²) in [7, 11) is 0. The van der Waals surface area contributed by atoms with Crippen LogP contribution in [0.15, 0.2) is 0 Å². The number of hydrogen-bond acceptors (Lipinski definition) is 3. The van der Waals surface area contributed by atoms with Crippen molar-refractivity contribution in [2.75, 3.05) is 11.4 Å². The number of anilines is 1. The van der Waals surface area contributed by atoms with Gasteiger partial charge in [-0.05, 0) is 45.2 Å². The Morgan fingerprint density at radius 1 is 1.19 bits per heavy atom. The fraction of sp³-hybridized carbons (Fsp3) is 0.667. The van der Waals surface area contributed by atoms with Crippen LogP contribution >= 0.6 is 11.6 Å². The summed E-state index contributed by atoms with van der Waals surface area (Å²) in [5.41, 5.74) is 2.15. The summed E-state index contributed by atoms with van der Waals surface area (Å²) in [4.78, 5) is 2.27. The maximum atomic E-state index is 5.96. The summed E-state index contributed by atoms with van der Waals surface area (Å²) in [5.74, 6) is 0.957. The van der Waals surface area contributed by atoms with Gasteiger partial charge in [0.05, 0.1) is 0 Å². The maximum Gasteiger partial charge on any atom is 0.155 e. The van der Waals surface area contributed by atoms with Crippen LogP contribution in [0.3, 0.4) is 0 Å². The monoisotopic (exact) mass is 241 g/mol. The Labute approximate surface area is 103 Å². The van der Waals surface area contributed by atoms with Crippen molar-refractivity contribution in [1.29, 1.82) is 0 Å². The summed E-state index contributed by atoms with van der Waals surface area (Å²) in [6, 6.07) is 0.425. The zero-order valence-corrected chi connectivity index (χ0v) is 11.5. The molecule has 1 heterocycles. The van der Waals surface area contributed by atoms with E-state index in [0.717, 1.165) is 29.9 Å². The molecule has 1 aromatic rings. The second-order valence-corrected chi connectivity index (χ2v) is 4.71. The first-order valence-electron chi connectivity index (χ1n) is 5.75. The number of rotatable bonds is 4. The lowest BCUT2D eigenvalue weighted by molar-refractivity contribution is 0.653. The summed E-state index contributed by atoms with van der Waals surface area (Å²) in [5, 5.41) is 8.72. The molecule has 0 amide bonds. The van der Waals surface area contributed by atoms with Crippen molar-refractivity contribution in [2.45, 2.75) is 47.1 Å². The van der Waals surface area contributed by atoms with E-state index in [9.17, 15) is 0 Å². The zero-order valence-electron chi connectivity index (χ0n) is 10.7. The first kappa shape index (κ1) is 13.2. The molecule has 0 aliphatic rings. The molecule has 0 saturated heterocycles. The van der Waals surface area contributed by atoms with Gasteiger partial charge in [-0.3, -0.25) is 0 Å². The Bertz CT molecular complexity index is 364. The van der Waals surface area contributed by atoms with Crippen LogP contribution in [0.5, 0.6) is 0 Å². The molecule has 4 heteroatoms. The predicted octanol–water partition coefficient (Wildman–Crippen LogP) is 3.37. The summed E-state index contributed by atoms with van der Waals surface area (Å²) >= 11 is 5.96. The van der Waals surface area contributed by atoms with Crippen molar-refractivity contribution in [3.05, 3.63) is 16.3 Å². The van der Waals surface area contributed by atoms with Gasteiger partial charge in [0.1, 0.15) is 0 Å². The first-order valence-corrected chi connectivity index (χ1v) is 6.12. The zero-order chi connectivity index (χ0) is 12.3. The van der Waals surface area contributed by atoms with Crippen molar-refractivity contribution in [2.24, 2.45) is 0 Å². The minimum atomic E-state index is 0.425. The third kappa shape index (κ3) is 2.64. The molecule has 0 saturated carbocycles. The van der Waals surface area contributed by atoms with Crippen molar-refractivity contribution in [3.8, 4) is 0 Å². The highest BCUT2D eigenvalue weighted by molar-refractivity contribution is 6.30. The largest absolute Gasteiger partial charge is 0.352 e. The Hall–Kier alpha value is -0.830. The molecule has 90 valence electrons. The third-order valence-corrected chi connectivity index (χ3v) is 3.16. The molecule has 1 rings (SSSR count). The van der Waals surface area contributed by atoms with Crippen molar-refractivity contribution in [3.63, 3.8) is 0 Å². The standard InChI is InChI=1S/C12H20ClN3/c1-6-7-16(8(2)3)12-10(5)9(4)11(13)14-15-12/h8H,6-7H2,1-5H3. The highest BCUT2D eigenvalue weighted by Gasteiger charge is 2.16. The van der Waals surface area contributed by atoms with Gasteiger partial charge in [0.25, 0.3) is 0 Å². The van der Waals surface area contributed by atoms with E-state index in [1.54, 1.807) is 0 Å². The van der Waals surface area contributed by atoms with E-state index in [1.165, 1.54) is 0 Å². The van der Waals surface area contributed by atoms with Gasteiger partial charge < -0.3 is 4.90 Å². The molecular formula is C12H20ClN3. The fourth-order valence-corrected chi connectivity index (χ4v) is 1.87. The van der Waals surface area contributed by atoms with E-state index in [1.807, 2.05) is 6.92 Å². The Morgan fingerprint density at radius 3 is 2.31 bits per heavy atom.